The molecule has 0 aliphatic heterocycles. The molecule has 0 N–H and O–H groups in total. The van der Waals surface area contributed by atoms with Gasteiger partial charge in [-0.3, -0.25) is 0 Å². The maximum atomic E-state index is 12.3. The van der Waals surface area contributed by atoms with Crippen molar-refractivity contribution < 1.29 is 22.8 Å². The molecule has 0 heterocycles. The van der Waals surface area contributed by atoms with Crippen LogP contribution in [0.2, 0.25) is 0 Å². The summed E-state index contributed by atoms with van der Waals surface area (Å²) in [5, 5.41) is 3.40. The molecule has 0 bridgehead atoms. The fourth-order valence-electron chi connectivity index (χ4n) is 1.15. The maximum Gasteiger partial charge on any atom is 0.416 e. The van der Waals surface area contributed by atoms with Gasteiger partial charge in [0.05, 0.1) is 11.8 Å². The molecule has 98 valence electrons. The standard InChI is InChI=1S/C12H12F3NO2/c1-2-3-11(17)18-16-8-9-4-6-10(7-5-9)12(13,14)15/h4-8H,2-3H2,1H3/b16-8-. The Morgan fingerprint density at radius 3 is 2.44 bits per heavy atom. The average molecular weight is 259 g/mol. The second-order valence-corrected chi connectivity index (χ2v) is 3.57. The van der Waals surface area contributed by atoms with Gasteiger partial charge in [0, 0.05) is 6.42 Å². The van der Waals surface area contributed by atoms with Crippen molar-refractivity contribution in [2.75, 3.05) is 0 Å². The molecule has 3 nitrogen and oxygen atoms in total. The van der Waals surface area contributed by atoms with E-state index in [2.05, 4.69) is 9.99 Å². The van der Waals surface area contributed by atoms with E-state index < -0.39 is 17.7 Å². The van der Waals surface area contributed by atoms with Crippen LogP contribution in [0.4, 0.5) is 13.2 Å². The Bertz CT molecular complexity index is 424. The van der Waals surface area contributed by atoms with E-state index in [9.17, 15) is 18.0 Å². The smallest absolute Gasteiger partial charge is 0.318 e. The number of oxime groups is 1. The van der Waals surface area contributed by atoms with Gasteiger partial charge in [0.25, 0.3) is 0 Å². The average Bonchev–Trinajstić information content (AvgIpc) is 2.29. The minimum absolute atomic E-state index is 0.254. The van der Waals surface area contributed by atoms with Crippen LogP contribution < -0.4 is 0 Å². The highest BCUT2D eigenvalue weighted by Gasteiger charge is 2.29. The minimum Gasteiger partial charge on any atom is -0.318 e. The summed E-state index contributed by atoms with van der Waals surface area (Å²) in [6.07, 6.45) is -2.27. The van der Waals surface area contributed by atoms with Gasteiger partial charge in [0.1, 0.15) is 0 Å². The first-order valence-electron chi connectivity index (χ1n) is 5.34. The van der Waals surface area contributed by atoms with Crippen molar-refractivity contribution in [1.82, 2.24) is 0 Å². The first-order chi connectivity index (χ1) is 8.43. The molecule has 0 radical (unpaired) electrons. The number of nitrogens with zero attached hydrogens (tertiary/aromatic N) is 1. The Labute approximate surface area is 102 Å². The van der Waals surface area contributed by atoms with E-state index >= 15 is 0 Å². The van der Waals surface area contributed by atoms with E-state index in [-0.39, 0.29) is 6.42 Å². The fourth-order valence-corrected chi connectivity index (χ4v) is 1.15. The SMILES string of the molecule is CCCC(=O)O/N=C\c1ccc(C(F)(F)F)cc1. The number of hydrogen-bond acceptors (Lipinski definition) is 3. The molecule has 0 spiro atoms. The normalized spacial score (nSPS) is 11.8. The lowest BCUT2D eigenvalue weighted by molar-refractivity contribution is -0.143. The summed E-state index contributed by atoms with van der Waals surface area (Å²) in [7, 11) is 0. The van der Waals surface area contributed by atoms with Crippen LogP contribution in [0.25, 0.3) is 0 Å². The van der Waals surface area contributed by atoms with Gasteiger partial charge < -0.3 is 4.84 Å². The number of rotatable bonds is 4. The van der Waals surface area contributed by atoms with E-state index in [1.54, 1.807) is 0 Å². The number of carbonyl (C=O) groups is 1. The Balaban J connectivity index is 2.59. The third-order valence-corrected chi connectivity index (χ3v) is 2.05. The zero-order valence-corrected chi connectivity index (χ0v) is 9.70. The number of benzene rings is 1. The van der Waals surface area contributed by atoms with E-state index in [4.69, 9.17) is 0 Å². The second-order valence-electron chi connectivity index (χ2n) is 3.57. The van der Waals surface area contributed by atoms with Gasteiger partial charge in [-0.1, -0.05) is 24.2 Å². The predicted octanol–water partition coefficient (Wildman–Crippen LogP) is 3.38. The number of alkyl halides is 3. The van der Waals surface area contributed by atoms with Gasteiger partial charge in [-0.2, -0.15) is 13.2 Å². The van der Waals surface area contributed by atoms with Crippen LogP contribution in [0.15, 0.2) is 29.4 Å². The van der Waals surface area contributed by atoms with Gasteiger partial charge in [0.15, 0.2) is 0 Å². The van der Waals surface area contributed by atoms with Crippen LogP contribution in [0.1, 0.15) is 30.9 Å². The van der Waals surface area contributed by atoms with Gasteiger partial charge in [-0.15, -0.1) is 0 Å². The van der Waals surface area contributed by atoms with E-state index in [0.717, 1.165) is 12.1 Å². The van der Waals surface area contributed by atoms with Crippen LogP contribution >= 0.6 is 0 Å². The van der Waals surface area contributed by atoms with Gasteiger partial charge >= 0.3 is 12.1 Å². The van der Waals surface area contributed by atoms with Crippen molar-refractivity contribution in [2.24, 2.45) is 5.16 Å². The van der Waals surface area contributed by atoms with Crippen LogP contribution in [0, 0.1) is 0 Å². The summed E-state index contributed by atoms with van der Waals surface area (Å²) >= 11 is 0. The van der Waals surface area contributed by atoms with Crippen molar-refractivity contribution in [3.8, 4) is 0 Å². The molecule has 0 fully saturated rings. The van der Waals surface area contributed by atoms with Gasteiger partial charge in [0.2, 0.25) is 0 Å². The zero-order chi connectivity index (χ0) is 13.6. The number of carbonyl (C=O) groups excluding carboxylic acids is 1. The summed E-state index contributed by atoms with van der Waals surface area (Å²) in [6.45, 7) is 1.82. The third kappa shape index (κ3) is 4.57. The molecule has 1 aromatic rings. The van der Waals surface area contributed by atoms with Crippen LogP contribution in [-0.2, 0) is 15.8 Å². The summed E-state index contributed by atoms with van der Waals surface area (Å²) < 4.78 is 36.8. The molecule has 0 saturated heterocycles. The molecular weight excluding hydrogens is 247 g/mol. The Morgan fingerprint density at radius 1 is 1.33 bits per heavy atom. The molecule has 1 aromatic carbocycles. The van der Waals surface area contributed by atoms with E-state index in [1.807, 2.05) is 6.92 Å². The highest BCUT2D eigenvalue weighted by molar-refractivity contribution is 5.80. The third-order valence-electron chi connectivity index (χ3n) is 2.05. The molecule has 0 aliphatic carbocycles. The van der Waals surface area contributed by atoms with Gasteiger partial charge in [-0.05, 0) is 24.1 Å². The molecule has 0 saturated carbocycles. The lowest BCUT2D eigenvalue weighted by Gasteiger charge is -2.05. The first-order valence-corrected chi connectivity index (χ1v) is 5.34. The van der Waals surface area contributed by atoms with E-state index in [1.165, 1.54) is 18.3 Å². The molecular formula is C12H12F3NO2. The lowest BCUT2D eigenvalue weighted by Crippen LogP contribution is -2.04. The summed E-state index contributed by atoms with van der Waals surface area (Å²) in [6, 6.07) is 4.38. The molecule has 0 amide bonds. The van der Waals surface area contributed by atoms with Crippen molar-refractivity contribution in [2.45, 2.75) is 25.9 Å². The van der Waals surface area contributed by atoms with Crippen molar-refractivity contribution in [3.63, 3.8) is 0 Å². The fraction of sp³-hybridized carbons (Fsp3) is 0.333. The highest BCUT2D eigenvalue weighted by atomic mass is 19.4. The second kappa shape index (κ2) is 6.18. The molecule has 18 heavy (non-hydrogen) atoms. The molecule has 0 aromatic heterocycles. The lowest BCUT2D eigenvalue weighted by atomic mass is 10.1. The monoisotopic (exact) mass is 259 g/mol. The van der Waals surface area contributed by atoms with Crippen LogP contribution in [0.3, 0.4) is 0 Å². The van der Waals surface area contributed by atoms with Crippen LogP contribution in [-0.4, -0.2) is 12.2 Å². The Hall–Kier alpha value is -1.85. The van der Waals surface area contributed by atoms with Crippen molar-refractivity contribution >= 4 is 12.2 Å². The topological polar surface area (TPSA) is 38.7 Å². The quantitative estimate of drug-likeness (QED) is 0.472. The van der Waals surface area contributed by atoms with E-state index in [0.29, 0.717) is 12.0 Å². The number of hydrogen-bond donors (Lipinski definition) is 0. The zero-order valence-electron chi connectivity index (χ0n) is 9.70. The highest BCUT2D eigenvalue weighted by Crippen LogP contribution is 2.28. The summed E-state index contributed by atoms with van der Waals surface area (Å²) in [5.41, 5.74) is -0.310. The summed E-state index contributed by atoms with van der Waals surface area (Å²) in [4.78, 5) is 15.4. The van der Waals surface area contributed by atoms with Crippen molar-refractivity contribution in [3.05, 3.63) is 35.4 Å². The predicted molar refractivity (Wildman–Crippen MR) is 60.0 cm³/mol. The molecule has 0 unspecified atom stereocenters. The van der Waals surface area contributed by atoms with Crippen LogP contribution in [0.5, 0.6) is 0 Å². The first kappa shape index (κ1) is 14.2. The molecule has 6 heteroatoms. The minimum atomic E-state index is -4.36. The molecule has 1 rings (SSSR count). The Kier molecular flexibility index (Phi) is 4.88. The van der Waals surface area contributed by atoms with Gasteiger partial charge in [-0.25, -0.2) is 4.79 Å². The maximum absolute atomic E-state index is 12.3. The molecule has 0 atom stereocenters. The number of halogens is 3. The Morgan fingerprint density at radius 2 is 1.94 bits per heavy atom. The largest absolute Gasteiger partial charge is 0.416 e. The molecule has 0 aliphatic rings. The summed E-state index contributed by atoms with van der Waals surface area (Å²) in [5.74, 6) is -0.472. The van der Waals surface area contributed by atoms with Crippen molar-refractivity contribution in [1.29, 1.82) is 0 Å².